The molecular weight excluding hydrogens is 284 g/mol. The number of aliphatic hydroxyl groups is 2. The number of rotatable bonds is 2. The van der Waals surface area contributed by atoms with Gasteiger partial charge in [-0.3, -0.25) is 9.59 Å². The molecule has 0 aromatic rings. The third-order valence-corrected chi connectivity index (χ3v) is 5.76. The van der Waals surface area contributed by atoms with Gasteiger partial charge in [0, 0.05) is 30.6 Å². The first-order valence-corrected chi connectivity index (χ1v) is 8.05. The molecule has 0 heterocycles. The number of ether oxygens (including phenoxy) is 1. The molecule has 2 rings (SSSR count). The zero-order chi connectivity index (χ0) is 16.9. The largest absolute Gasteiger partial charge is 0.462 e. The second-order valence-electron chi connectivity index (χ2n) is 8.05. The van der Waals surface area contributed by atoms with Crippen LogP contribution in [0.15, 0.2) is 0 Å². The van der Waals surface area contributed by atoms with Gasteiger partial charge in [-0.1, -0.05) is 6.92 Å². The Balaban J connectivity index is 2.50. The maximum atomic E-state index is 12.5. The van der Waals surface area contributed by atoms with Crippen molar-refractivity contribution in [1.29, 1.82) is 0 Å². The maximum absolute atomic E-state index is 12.5. The fraction of sp³-hybridized carbons (Fsp3) is 0.882. The van der Waals surface area contributed by atoms with Crippen molar-refractivity contribution >= 4 is 11.8 Å². The molecule has 0 saturated heterocycles. The Kier molecular flexibility index (Phi) is 4.20. The van der Waals surface area contributed by atoms with Crippen molar-refractivity contribution in [2.45, 2.75) is 77.6 Å². The predicted octanol–water partition coefficient (Wildman–Crippen LogP) is 1.84. The fourth-order valence-electron chi connectivity index (χ4n) is 4.63. The van der Waals surface area contributed by atoms with Gasteiger partial charge in [-0.25, -0.2) is 0 Å². The van der Waals surface area contributed by atoms with E-state index in [4.69, 9.17) is 4.74 Å². The summed E-state index contributed by atoms with van der Waals surface area (Å²) in [7, 11) is 0. The van der Waals surface area contributed by atoms with E-state index in [-0.39, 0.29) is 11.7 Å². The van der Waals surface area contributed by atoms with Gasteiger partial charge in [-0.2, -0.15) is 0 Å². The van der Waals surface area contributed by atoms with E-state index in [1.54, 1.807) is 20.8 Å². The van der Waals surface area contributed by atoms with Gasteiger partial charge >= 0.3 is 5.97 Å². The van der Waals surface area contributed by atoms with Gasteiger partial charge in [0.1, 0.15) is 11.9 Å². The Morgan fingerprint density at radius 1 is 1.32 bits per heavy atom. The smallest absolute Gasteiger partial charge is 0.302 e. The molecule has 2 fully saturated rings. The van der Waals surface area contributed by atoms with Crippen LogP contribution < -0.4 is 0 Å². The summed E-state index contributed by atoms with van der Waals surface area (Å²) in [6.07, 6.45) is 1.24. The number of Topliss-reactive ketones (excluding diaryl/α,β-unsaturated/α-hetero) is 1. The third kappa shape index (κ3) is 2.81. The molecular formula is C17H28O5. The van der Waals surface area contributed by atoms with Crippen molar-refractivity contribution in [3.8, 4) is 0 Å². The lowest BCUT2D eigenvalue weighted by Gasteiger charge is -2.57. The fourth-order valence-corrected chi connectivity index (χ4v) is 4.63. The van der Waals surface area contributed by atoms with Gasteiger partial charge in [0.05, 0.1) is 11.2 Å². The Bertz CT molecular complexity index is 476. The highest BCUT2D eigenvalue weighted by molar-refractivity contribution is 5.86. The Hall–Kier alpha value is -0.940. The van der Waals surface area contributed by atoms with Gasteiger partial charge < -0.3 is 14.9 Å². The lowest BCUT2D eigenvalue weighted by Crippen LogP contribution is -2.64. The number of hydrogen-bond donors (Lipinski definition) is 2. The molecule has 0 aromatic heterocycles. The number of hydrogen-bond acceptors (Lipinski definition) is 5. The summed E-state index contributed by atoms with van der Waals surface area (Å²) in [5, 5.41) is 21.4. The SMILES string of the molecule is CC(=O)O[C@H]1C2[C@@](C)(O)CCC(=O)[C@]2(C)CC[C@H]1C(C)(C)O. The number of carbonyl (C=O) groups is 2. The van der Waals surface area contributed by atoms with E-state index in [1.807, 2.05) is 6.92 Å². The predicted molar refractivity (Wildman–Crippen MR) is 81.0 cm³/mol. The zero-order valence-electron chi connectivity index (χ0n) is 14.2. The molecule has 126 valence electrons. The van der Waals surface area contributed by atoms with Crippen LogP contribution in [-0.2, 0) is 14.3 Å². The van der Waals surface area contributed by atoms with E-state index in [2.05, 4.69) is 0 Å². The van der Waals surface area contributed by atoms with Gasteiger partial charge in [0.2, 0.25) is 0 Å². The van der Waals surface area contributed by atoms with Crippen LogP contribution in [0.25, 0.3) is 0 Å². The molecule has 0 aliphatic heterocycles. The second-order valence-corrected chi connectivity index (χ2v) is 8.05. The van der Waals surface area contributed by atoms with E-state index in [9.17, 15) is 19.8 Å². The molecule has 0 spiro atoms. The van der Waals surface area contributed by atoms with E-state index in [1.165, 1.54) is 6.92 Å². The van der Waals surface area contributed by atoms with E-state index in [0.717, 1.165) is 0 Å². The molecule has 1 unspecified atom stereocenters. The van der Waals surface area contributed by atoms with Crippen LogP contribution in [0.2, 0.25) is 0 Å². The summed E-state index contributed by atoms with van der Waals surface area (Å²) < 4.78 is 5.54. The van der Waals surface area contributed by atoms with Crippen LogP contribution >= 0.6 is 0 Å². The Morgan fingerprint density at radius 2 is 1.91 bits per heavy atom. The molecule has 0 amide bonds. The summed E-state index contributed by atoms with van der Waals surface area (Å²) in [5.74, 6) is -1.12. The maximum Gasteiger partial charge on any atom is 0.302 e. The van der Waals surface area contributed by atoms with Crippen molar-refractivity contribution in [3.63, 3.8) is 0 Å². The first-order chi connectivity index (χ1) is 9.89. The topological polar surface area (TPSA) is 83.8 Å². The van der Waals surface area contributed by atoms with Gasteiger partial charge in [0.25, 0.3) is 0 Å². The van der Waals surface area contributed by atoms with Crippen LogP contribution in [0, 0.1) is 17.3 Å². The molecule has 2 aliphatic rings. The van der Waals surface area contributed by atoms with E-state index < -0.39 is 34.6 Å². The molecule has 2 N–H and O–H groups in total. The minimum atomic E-state index is -1.09. The van der Waals surface area contributed by atoms with Gasteiger partial charge in [0.15, 0.2) is 0 Å². The monoisotopic (exact) mass is 312 g/mol. The molecule has 5 atom stereocenters. The van der Waals surface area contributed by atoms with Crippen molar-refractivity contribution in [2.24, 2.45) is 17.3 Å². The molecule has 2 saturated carbocycles. The van der Waals surface area contributed by atoms with Crippen molar-refractivity contribution in [2.75, 3.05) is 0 Å². The highest BCUT2D eigenvalue weighted by Crippen LogP contribution is 2.56. The van der Waals surface area contributed by atoms with Crippen LogP contribution in [0.3, 0.4) is 0 Å². The standard InChI is InChI=1S/C17H28O5/c1-10(18)22-13-11(15(2,3)20)6-8-16(4)12(19)7-9-17(5,21)14(13)16/h11,13-14,20-21H,6-9H2,1-5H3/t11-,13-,14?,16+,17+/m1/s1. The number of ketones is 1. The molecule has 5 heteroatoms. The van der Waals surface area contributed by atoms with Gasteiger partial charge in [-0.15, -0.1) is 0 Å². The first-order valence-electron chi connectivity index (χ1n) is 8.05. The lowest BCUT2D eigenvalue weighted by molar-refractivity contribution is -0.215. The number of esters is 1. The van der Waals surface area contributed by atoms with Crippen molar-refractivity contribution in [3.05, 3.63) is 0 Å². The average molecular weight is 312 g/mol. The summed E-state index contributed by atoms with van der Waals surface area (Å²) in [4.78, 5) is 24.1. The molecule has 2 aliphatic carbocycles. The van der Waals surface area contributed by atoms with Crippen LogP contribution in [0.5, 0.6) is 0 Å². The summed E-state index contributed by atoms with van der Waals surface area (Å²) >= 11 is 0. The quantitative estimate of drug-likeness (QED) is 0.760. The Labute approximate surface area is 132 Å². The van der Waals surface area contributed by atoms with Crippen LogP contribution in [-0.4, -0.2) is 39.3 Å². The van der Waals surface area contributed by atoms with Crippen molar-refractivity contribution in [1.82, 2.24) is 0 Å². The first kappa shape index (κ1) is 17.4. The summed E-state index contributed by atoms with van der Waals surface area (Å²) in [5.41, 5.74) is -2.84. The molecule has 0 aromatic carbocycles. The second kappa shape index (κ2) is 5.31. The normalized spacial score (nSPS) is 42.7. The summed E-state index contributed by atoms with van der Waals surface area (Å²) in [6.45, 7) is 8.29. The highest BCUT2D eigenvalue weighted by Gasteiger charge is 2.62. The van der Waals surface area contributed by atoms with E-state index in [0.29, 0.717) is 25.7 Å². The molecule has 0 bridgehead atoms. The minimum absolute atomic E-state index is 0.121. The lowest BCUT2D eigenvalue weighted by atomic mass is 9.50. The van der Waals surface area contributed by atoms with Gasteiger partial charge in [-0.05, 0) is 40.0 Å². The molecule has 22 heavy (non-hydrogen) atoms. The number of fused-ring (bicyclic) bond motifs is 1. The number of carbonyl (C=O) groups excluding carboxylic acids is 2. The Morgan fingerprint density at radius 3 is 2.41 bits per heavy atom. The van der Waals surface area contributed by atoms with Crippen LogP contribution in [0.1, 0.15) is 60.3 Å². The highest BCUT2D eigenvalue weighted by atomic mass is 16.5. The third-order valence-electron chi connectivity index (χ3n) is 5.76. The van der Waals surface area contributed by atoms with Crippen molar-refractivity contribution < 1.29 is 24.5 Å². The molecule has 0 radical (unpaired) electrons. The van der Waals surface area contributed by atoms with E-state index >= 15 is 0 Å². The zero-order valence-corrected chi connectivity index (χ0v) is 14.2. The van der Waals surface area contributed by atoms with Crippen LogP contribution in [0.4, 0.5) is 0 Å². The molecule has 5 nitrogen and oxygen atoms in total. The minimum Gasteiger partial charge on any atom is -0.462 e. The summed E-state index contributed by atoms with van der Waals surface area (Å²) in [6, 6.07) is 0. The average Bonchev–Trinajstić information content (AvgIpc) is 2.32.